The molecule has 0 saturated carbocycles. The smallest absolute Gasteiger partial charge is 0.306 e. The zero-order valence-electron chi connectivity index (χ0n) is 40.9. The van der Waals surface area contributed by atoms with E-state index in [-0.39, 0.29) is 25.2 Å². The van der Waals surface area contributed by atoms with Gasteiger partial charge in [0.2, 0.25) is 0 Å². The van der Waals surface area contributed by atoms with Crippen molar-refractivity contribution in [1.82, 2.24) is 0 Å². The first-order valence-corrected chi connectivity index (χ1v) is 26.1. The maximum Gasteiger partial charge on any atom is 0.306 e. The van der Waals surface area contributed by atoms with E-state index < -0.39 is 6.10 Å². The standard InChI is InChI=1S/C57H98O5/c1-4-7-10-13-16-19-22-24-26-28-29-31-32-34-36-38-41-44-47-50-56(58)61-54-55(53-60-52-49-46-43-40-21-18-15-12-9-6-3)62-57(59)51-48-45-42-39-37-35-33-30-27-25-23-20-17-14-11-8-5-2/h7-8,10-11,16-17,19-20,24-27,29,31,55H,4-6,9,12-15,18,21-23,28,30,32-54H2,1-3H3/b10-7-,11-8-,19-16-,20-17-,26-24-,27-25-,31-29-. The quantitative estimate of drug-likeness (QED) is 0.0346. The van der Waals surface area contributed by atoms with E-state index in [2.05, 4.69) is 106 Å². The molecular formula is C57H98O5. The van der Waals surface area contributed by atoms with Crippen LogP contribution in [0.3, 0.4) is 0 Å². The molecule has 0 radical (unpaired) electrons. The van der Waals surface area contributed by atoms with Gasteiger partial charge in [-0.15, -0.1) is 0 Å². The van der Waals surface area contributed by atoms with E-state index in [0.717, 1.165) is 109 Å². The molecule has 0 aliphatic carbocycles. The van der Waals surface area contributed by atoms with Crippen molar-refractivity contribution in [2.75, 3.05) is 19.8 Å². The summed E-state index contributed by atoms with van der Waals surface area (Å²) in [6.45, 7) is 7.59. The number of ether oxygens (including phenoxy) is 3. The molecule has 62 heavy (non-hydrogen) atoms. The molecule has 0 aliphatic rings. The third-order valence-electron chi connectivity index (χ3n) is 10.9. The molecule has 0 aromatic rings. The molecule has 0 saturated heterocycles. The zero-order chi connectivity index (χ0) is 44.9. The van der Waals surface area contributed by atoms with Gasteiger partial charge in [0.1, 0.15) is 6.61 Å². The van der Waals surface area contributed by atoms with E-state index in [4.69, 9.17) is 14.2 Å². The Morgan fingerprint density at radius 2 is 0.726 bits per heavy atom. The molecule has 0 spiro atoms. The van der Waals surface area contributed by atoms with Crippen LogP contribution in [0.25, 0.3) is 0 Å². The second-order valence-corrected chi connectivity index (χ2v) is 17.0. The second-order valence-electron chi connectivity index (χ2n) is 17.0. The molecule has 0 amide bonds. The summed E-state index contributed by atoms with van der Waals surface area (Å²) in [6.07, 6.45) is 68.7. The molecule has 1 unspecified atom stereocenters. The van der Waals surface area contributed by atoms with E-state index in [0.29, 0.717) is 19.4 Å². The third-order valence-corrected chi connectivity index (χ3v) is 10.9. The molecule has 1 atom stereocenters. The van der Waals surface area contributed by atoms with Crippen LogP contribution in [0.1, 0.15) is 239 Å². The predicted molar refractivity (Wildman–Crippen MR) is 270 cm³/mol. The molecule has 0 rings (SSSR count). The average molecular weight is 863 g/mol. The van der Waals surface area contributed by atoms with Gasteiger partial charge in [-0.05, 0) is 89.9 Å². The van der Waals surface area contributed by atoms with Crippen molar-refractivity contribution in [2.24, 2.45) is 0 Å². The predicted octanol–water partition coefficient (Wildman–Crippen LogP) is 17.7. The molecule has 356 valence electrons. The van der Waals surface area contributed by atoms with Gasteiger partial charge >= 0.3 is 11.9 Å². The van der Waals surface area contributed by atoms with Crippen LogP contribution in [0.2, 0.25) is 0 Å². The Hall–Kier alpha value is -2.92. The van der Waals surface area contributed by atoms with Gasteiger partial charge in [0.25, 0.3) is 0 Å². The van der Waals surface area contributed by atoms with Gasteiger partial charge in [0.15, 0.2) is 6.10 Å². The van der Waals surface area contributed by atoms with E-state index in [1.54, 1.807) is 0 Å². The molecule has 0 fully saturated rings. The maximum absolute atomic E-state index is 12.8. The summed E-state index contributed by atoms with van der Waals surface area (Å²) in [4.78, 5) is 25.4. The minimum Gasteiger partial charge on any atom is -0.462 e. The zero-order valence-corrected chi connectivity index (χ0v) is 40.9. The topological polar surface area (TPSA) is 61.8 Å². The number of esters is 2. The minimum absolute atomic E-state index is 0.0719. The highest BCUT2D eigenvalue weighted by atomic mass is 16.6. The molecule has 0 heterocycles. The summed E-state index contributed by atoms with van der Waals surface area (Å²) < 4.78 is 17.4. The third kappa shape index (κ3) is 49.7. The highest BCUT2D eigenvalue weighted by Crippen LogP contribution is 2.14. The Balaban J connectivity index is 4.26. The van der Waals surface area contributed by atoms with Crippen molar-refractivity contribution in [2.45, 2.75) is 245 Å². The fraction of sp³-hybridized carbons (Fsp3) is 0.719. The maximum atomic E-state index is 12.8. The molecular weight excluding hydrogens is 765 g/mol. The fourth-order valence-electron chi connectivity index (χ4n) is 7.10. The largest absolute Gasteiger partial charge is 0.462 e. The normalized spacial score (nSPS) is 12.9. The number of hydrogen-bond acceptors (Lipinski definition) is 5. The van der Waals surface area contributed by atoms with Crippen LogP contribution in [-0.2, 0) is 23.8 Å². The van der Waals surface area contributed by atoms with E-state index in [1.807, 2.05) is 0 Å². The molecule has 0 aromatic carbocycles. The number of carbonyl (C=O) groups excluding carboxylic acids is 2. The van der Waals surface area contributed by atoms with Gasteiger partial charge in [-0.1, -0.05) is 221 Å². The van der Waals surface area contributed by atoms with Crippen LogP contribution in [0, 0.1) is 0 Å². The number of unbranched alkanes of at least 4 members (excludes halogenated alkanes) is 22. The van der Waals surface area contributed by atoms with Crippen LogP contribution in [0.4, 0.5) is 0 Å². The summed E-state index contributed by atoms with van der Waals surface area (Å²) in [5.41, 5.74) is 0. The van der Waals surface area contributed by atoms with E-state index in [1.165, 1.54) is 96.3 Å². The number of hydrogen-bond donors (Lipinski definition) is 0. The van der Waals surface area contributed by atoms with Gasteiger partial charge in [-0.2, -0.15) is 0 Å². The SMILES string of the molecule is CC/C=C\C/C=C\C/C=C\C/C=C\CCCCCCCCC(=O)OCC(COCCCCCCCCCCCC)OC(=O)CCCCCCCCC/C=C\C/C=C\C/C=C\CC. The van der Waals surface area contributed by atoms with Gasteiger partial charge < -0.3 is 14.2 Å². The summed E-state index contributed by atoms with van der Waals surface area (Å²) in [5.74, 6) is -0.422. The van der Waals surface area contributed by atoms with E-state index >= 15 is 0 Å². The van der Waals surface area contributed by atoms with Crippen molar-refractivity contribution in [3.63, 3.8) is 0 Å². The van der Waals surface area contributed by atoms with Crippen LogP contribution >= 0.6 is 0 Å². The second kappa shape index (κ2) is 52.4. The van der Waals surface area contributed by atoms with Crippen molar-refractivity contribution in [3.8, 4) is 0 Å². The molecule has 0 N–H and O–H groups in total. The first-order valence-electron chi connectivity index (χ1n) is 26.1. The Bertz CT molecular complexity index is 1160. The molecule has 5 heteroatoms. The van der Waals surface area contributed by atoms with Gasteiger partial charge in [0, 0.05) is 19.4 Å². The Morgan fingerprint density at radius 1 is 0.371 bits per heavy atom. The lowest BCUT2D eigenvalue weighted by Gasteiger charge is -2.18. The molecule has 0 aromatic heterocycles. The first-order chi connectivity index (χ1) is 30.6. The van der Waals surface area contributed by atoms with Crippen LogP contribution in [0.5, 0.6) is 0 Å². The van der Waals surface area contributed by atoms with Gasteiger partial charge in [-0.25, -0.2) is 0 Å². The van der Waals surface area contributed by atoms with Gasteiger partial charge in [0.05, 0.1) is 6.61 Å². The summed E-state index contributed by atoms with van der Waals surface area (Å²) in [6, 6.07) is 0. The van der Waals surface area contributed by atoms with Crippen molar-refractivity contribution >= 4 is 11.9 Å². The molecule has 5 nitrogen and oxygen atoms in total. The number of rotatable bonds is 47. The van der Waals surface area contributed by atoms with Crippen LogP contribution < -0.4 is 0 Å². The summed E-state index contributed by atoms with van der Waals surface area (Å²) in [7, 11) is 0. The summed E-state index contributed by atoms with van der Waals surface area (Å²) in [5, 5.41) is 0. The molecule has 0 aliphatic heterocycles. The Morgan fingerprint density at radius 3 is 1.16 bits per heavy atom. The lowest BCUT2D eigenvalue weighted by molar-refractivity contribution is -0.163. The van der Waals surface area contributed by atoms with Crippen molar-refractivity contribution in [3.05, 3.63) is 85.1 Å². The minimum atomic E-state index is -0.548. The van der Waals surface area contributed by atoms with Crippen LogP contribution in [0.15, 0.2) is 85.1 Å². The van der Waals surface area contributed by atoms with Crippen LogP contribution in [-0.4, -0.2) is 37.9 Å². The highest BCUT2D eigenvalue weighted by Gasteiger charge is 2.17. The fourth-order valence-corrected chi connectivity index (χ4v) is 7.10. The molecule has 0 bridgehead atoms. The first kappa shape index (κ1) is 59.1. The lowest BCUT2D eigenvalue weighted by atomic mass is 10.1. The average Bonchev–Trinajstić information content (AvgIpc) is 3.27. The lowest BCUT2D eigenvalue weighted by Crippen LogP contribution is -2.30. The van der Waals surface area contributed by atoms with Gasteiger partial charge in [-0.3, -0.25) is 9.59 Å². The number of carbonyl (C=O) groups is 2. The van der Waals surface area contributed by atoms with Crippen molar-refractivity contribution < 1.29 is 23.8 Å². The monoisotopic (exact) mass is 863 g/mol. The highest BCUT2D eigenvalue weighted by molar-refractivity contribution is 5.70. The number of allylic oxidation sites excluding steroid dienone is 14. The Kier molecular flexibility index (Phi) is 50.0. The Labute approximate surface area is 384 Å². The summed E-state index contributed by atoms with van der Waals surface area (Å²) >= 11 is 0. The van der Waals surface area contributed by atoms with E-state index in [9.17, 15) is 9.59 Å². The van der Waals surface area contributed by atoms with Crippen molar-refractivity contribution in [1.29, 1.82) is 0 Å².